The Morgan fingerprint density at radius 3 is 2.62 bits per heavy atom. The van der Waals surface area contributed by atoms with Gasteiger partial charge in [-0.3, -0.25) is 0 Å². The average molecular weight is 189 g/mol. The van der Waals surface area contributed by atoms with Gasteiger partial charge in [-0.05, 0) is 26.3 Å². The van der Waals surface area contributed by atoms with E-state index in [2.05, 4.69) is 12.2 Å². The fraction of sp³-hybridized carbons (Fsp3) is 1.00. The first-order valence-corrected chi connectivity index (χ1v) is 5.15. The zero-order valence-corrected chi connectivity index (χ0v) is 9.14. The monoisotopic (exact) mass is 189 g/mol. The summed E-state index contributed by atoms with van der Waals surface area (Å²) in [5.74, 6) is 0. The zero-order chi connectivity index (χ0) is 9.94. The molecule has 1 N–H and O–H groups in total. The highest BCUT2D eigenvalue weighted by atomic mass is 16.5. The van der Waals surface area contributed by atoms with Crippen LogP contribution in [-0.4, -0.2) is 39.5 Å². The molecule has 0 radical (unpaired) electrons. The van der Waals surface area contributed by atoms with Crippen LogP contribution in [0.4, 0.5) is 0 Å². The van der Waals surface area contributed by atoms with Crippen LogP contribution in [0.15, 0.2) is 0 Å². The Bertz CT molecular complexity index is 98.9. The van der Waals surface area contributed by atoms with Crippen LogP contribution in [0.25, 0.3) is 0 Å². The highest BCUT2D eigenvalue weighted by Crippen LogP contribution is 1.91. The highest BCUT2D eigenvalue weighted by Gasteiger charge is 2.02. The van der Waals surface area contributed by atoms with Crippen molar-refractivity contribution in [1.82, 2.24) is 5.32 Å². The molecule has 0 aliphatic heterocycles. The van der Waals surface area contributed by atoms with Crippen molar-refractivity contribution in [2.75, 3.05) is 33.5 Å². The summed E-state index contributed by atoms with van der Waals surface area (Å²) in [6, 6.07) is 0.492. The number of hydrogen-bond acceptors (Lipinski definition) is 3. The van der Waals surface area contributed by atoms with Crippen molar-refractivity contribution in [3.8, 4) is 0 Å². The minimum absolute atomic E-state index is 0.492. The largest absolute Gasteiger partial charge is 0.383 e. The second-order valence-corrected chi connectivity index (χ2v) is 3.07. The molecule has 3 nitrogen and oxygen atoms in total. The van der Waals surface area contributed by atoms with Gasteiger partial charge in [-0.1, -0.05) is 6.92 Å². The van der Waals surface area contributed by atoms with E-state index < -0.39 is 0 Å². The van der Waals surface area contributed by atoms with Crippen molar-refractivity contribution in [1.29, 1.82) is 0 Å². The van der Waals surface area contributed by atoms with Crippen molar-refractivity contribution >= 4 is 0 Å². The third-order valence-corrected chi connectivity index (χ3v) is 1.96. The summed E-state index contributed by atoms with van der Waals surface area (Å²) in [6.07, 6.45) is 2.19. The van der Waals surface area contributed by atoms with Crippen molar-refractivity contribution in [3.05, 3.63) is 0 Å². The van der Waals surface area contributed by atoms with Gasteiger partial charge >= 0.3 is 0 Å². The minimum atomic E-state index is 0.492. The molecule has 0 bridgehead atoms. The SMILES string of the molecule is CCOCCCNC(CC)COC. The van der Waals surface area contributed by atoms with E-state index in [4.69, 9.17) is 9.47 Å². The van der Waals surface area contributed by atoms with Crippen LogP contribution < -0.4 is 5.32 Å². The van der Waals surface area contributed by atoms with Crippen LogP contribution in [0.3, 0.4) is 0 Å². The number of ether oxygens (including phenoxy) is 2. The van der Waals surface area contributed by atoms with Crippen LogP contribution in [0, 0.1) is 0 Å². The van der Waals surface area contributed by atoms with Gasteiger partial charge in [0.05, 0.1) is 6.61 Å². The first-order chi connectivity index (χ1) is 6.35. The van der Waals surface area contributed by atoms with Gasteiger partial charge in [-0.2, -0.15) is 0 Å². The molecule has 0 aliphatic carbocycles. The van der Waals surface area contributed by atoms with E-state index >= 15 is 0 Å². The Morgan fingerprint density at radius 2 is 2.08 bits per heavy atom. The maximum absolute atomic E-state index is 5.24. The van der Waals surface area contributed by atoms with Gasteiger partial charge in [0.15, 0.2) is 0 Å². The smallest absolute Gasteiger partial charge is 0.0615 e. The van der Waals surface area contributed by atoms with Gasteiger partial charge in [0.2, 0.25) is 0 Å². The summed E-state index contributed by atoms with van der Waals surface area (Å²) < 4.78 is 10.3. The molecule has 0 heterocycles. The lowest BCUT2D eigenvalue weighted by molar-refractivity contribution is 0.138. The van der Waals surface area contributed by atoms with Gasteiger partial charge in [0.1, 0.15) is 0 Å². The van der Waals surface area contributed by atoms with E-state index in [1.54, 1.807) is 7.11 Å². The summed E-state index contributed by atoms with van der Waals surface area (Å²) >= 11 is 0. The van der Waals surface area contributed by atoms with E-state index in [0.717, 1.165) is 39.2 Å². The summed E-state index contributed by atoms with van der Waals surface area (Å²) in [7, 11) is 1.74. The molecule has 80 valence electrons. The normalized spacial score (nSPS) is 13.2. The molecule has 1 atom stereocenters. The maximum Gasteiger partial charge on any atom is 0.0615 e. The van der Waals surface area contributed by atoms with Crippen molar-refractivity contribution < 1.29 is 9.47 Å². The van der Waals surface area contributed by atoms with Crippen LogP contribution >= 0.6 is 0 Å². The van der Waals surface area contributed by atoms with Gasteiger partial charge in [-0.15, -0.1) is 0 Å². The van der Waals surface area contributed by atoms with Crippen molar-refractivity contribution in [2.24, 2.45) is 0 Å². The van der Waals surface area contributed by atoms with Gasteiger partial charge < -0.3 is 14.8 Å². The molecule has 0 saturated carbocycles. The first kappa shape index (κ1) is 12.9. The Morgan fingerprint density at radius 1 is 1.31 bits per heavy atom. The molecule has 0 aliphatic rings. The Labute approximate surface area is 81.8 Å². The molecule has 0 amide bonds. The molecule has 0 aromatic rings. The van der Waals surface area contributed by atoms with Gasteiger partial charge in [-0.25, -0.2) is 0 Å². The summed E-state index contributed by atoms with van der Waals surface area (Å²) in [4.78, 5) is 0. The third-order valence-electron chi connectivity index (χ3n) is 1.96. The van der Waals surface area contributed by atoms with Gasteiger partial charge in [0.25, 0.3) is 0 Å². The lowest BCUT2D eigenvalue weighted by Crippen LogP contribution is -2.33. The zero-order valence-electron chi connectivity index (χ0n) is 9.14. The molecule has 13 heavy (non-hydrogen) atoms. The second kappa shape index (κ2) is 9.96. The Hall–Kier alpha value is -0.120. The highest BCUT2D eigenvalue weighted by molar-refractivity contribution is 4.62. The number of methoxy groups -OCH3 is 1. The predicted octanol–water partition coefficient (Wildman–Crippen LogP) is 1.43. The Kier molecular flexibility index (Phi) is 9.87. The summed E-state index contributed by atoms with van der Waals surface area (Å²) in [5.41, 5.74) is 0. The maximum atomic E-state index is 5.24. The topological polar surface area (TPSA) is 30.5 Å². The van der Waals surface area contributed by atoms with Crippen LogP contribution in [0.2, 0.25) is 0 Å². The van der Waals surface area contributed by atoms with E-state index in [0.29, 0.717) is 6.04 Å². The van der Waals surface area contributed by atoms with Crippen LogP contribution in [-0.2, 0) is 9.47 Å². The average Bonchev–Trinajstić information content (AvgIpc) is 2.16. The lowest BCUT2D eigenvalue weighted by atomic mass is 10.2. The van der Waals surface area contributed by atoms with Crippen LogP contribution in [0.5, 0.6) is 0 Å². The molecular weight excluding hydrogens is 166 g/mol. The van der Waals surface area contributed by atoms with E-state index in [1.165, 1.54) is 0 Å². The molecule has 0 aromatic carbocycles. The molecule has 0 fully saturated rings. The third kappa shape index (κ3) is 8.22. The first-order valence-electron chi connectivity index (χ1n) is 5.15. The van der Waals surface area contributed by atoms with E-state index in [1.807, 2.05) is 6.92 Å². The summed E-state index contributed by atoms with van der Waals surface area (Å²) in [5, 5.41) is 3.42. The lowest BCUT2D eigenvalue weighted by Gasteiger charge is -2.15. The molecule has 0 saturated heterocycles. The molecule has 0 spiro atoms. The number of rotatable bonds is 9. The van der Waals surface area contributed by atoms with Crippen LogP contribution in [0.1, 0.15) is 26.7 Å². The molecule has 0 rings (SSSR count). The molecular formula is C10H23NO2. The number of nitrogens with one attached hydrogen (secondary N) is 1. The minimum Gasteiger partial charge on any atom is -0.383 e. The molecule has 0 aromatic heterocycles. The fourth-order valence-corrected chi connectivity index (χ4v) is 1.15. The van der Waals surface area contributed by atoms with E-state index in [9.17, 15) is 0 Å². The molecule has 3 heteroatoms. The fourth-order valence-electron chi connectivity index (χ4n) is 1.15. The van der Waals surface area contributed by atoms with Gasteiger partial charge in [0, 0.05) is 26.4 Å². The van der Waals surface area contributed by atoms with Crippen molar-refractivity contribution in [2.45, 2.75) is 32.7 Å². The second-order valence-electron chi connectivity index (χ2n) is 3.07. The summed E-state index contributed by atoms with van der Waals surface area (Å²) in [6.45, 7) is 7.67. The molecule has 1 unspecified atom stereocenters. The predicted molar refractivity (Wildman–Crippen MR) is 55.1 cm³/mol. The quantitative estimate of drug-likeness (QED) is 0.557. The number of hydrogen-bond donors (Lipinski definition) is 1. The Balaban J connectivity index is 3.17. The van der Waals surface area contributed by atoms with Crippen molar-refractivity contribution in [3.63, 3.8) is 0 Å². The standard InChI is InChI=1S/C10H23NO2/c1-4-10(9-12-3)11-7-6-8-13-5-2/h10-11H,4-9H2,1-3H3. The van der Waals surface area contributed by atoms with E-state index in [-0.39, 0.29) is 0 Å².